The Hall–Kier alpha value is -2.97. The Kier molecular flexibility index (Phi) is 6.25. The minimum Gasteiger partial charge on any atom is -0.379 e. The van der Waals surface area contributed by atoms with Gasteiger partial charge >= 0.3 is 6.03 Å². The van der Waals surface area contributed by atoms with Gasteiger partial charge in [0.1, 0.15) is 11.6 Å². The number of halogens is 2. The molecular weight excluding hydrogens is 390 g/mol. The first kappa shape index (κ1) is 20.3. The van der Waals surface area contributed by atoms with Crippen LogP contribution in [0.2, 0.25) is 0 Å². The molecule has 0 unspecified atom stereocenters. The number of benzene rings is 2. The quantitative estimate of drug-likeness (QED) is 0.648. The number of nitrogens with one attached hydrogen (secondary N) is 2. The molecule has 1 aliphatic rings. The van der Waals surface area contributed by atoms with E-state index in [1.54, 1.807) is 0 Å². The highest BCUT2D eigenvalue weighted by Crippen LogP contribution is 2.21. The largest absolute Gasteiger partial charge is 0.379 e. The van der Waals surface area contributed by atoms with Crippen molar-refractivity contribution in [3.63, 3.8) is 0 Å². The minimum absolute atomic E-state index is 0.0284. The second-order valence-corrected chi connectivity index (χ2v) is 7.32. The molecule has 2 aromatic carbocycles. The number of ether oxygens (including phenoxy) is 1. The van der Waals surface area contributed by atoms with Crippen LogP contribution in [0.4, 0.5) is 19.3 Å². The average Bonchev–Trinajstić information content (AvgIpc) is 3.13. The molecule has 2 amide bonds. The predicted octanol–water partition coefficient (Wildman–Crippen LogP) is 3.57. The molecule has 3 aromatic rings. The number of rotatable bonds is 6. The highest BCUT2D eigenvalue weighted by molar-refractivity contribution is 5.92. The number of carbonyl (C=O) groups excluding carboxylic acids is 1. The highest BCUT2D eigenvalue weighted by Gasteiger charge is 2.11. The molecular formula is C22H24F2N4O2. The Morgan fingerprint density at radius 1 is 1.00 bits per heavy atom. The maximum Gasteiger partial charge on any atom is 0.319 e. The molecule has 4 rings (SSSR count). The zero-order valence-electron chi connectivity index (χ0n) is 16.5. The van der Waals surface area contributed by atoms with Crippen molar-refractivity contribution < 1.29 is 18.3 Å². The van der Waals surface area contributed by atoms with Crippen molar-refractivity contribution in [1.82, 2.24) is 14.8 Å². The third-order valence-electron chi connectivity index (χ3n) is 5.17. The molecule has 0 spiro atoms. The zero-order chi connectivity index (χ0) is 20.9. The number of urea groups is 1. The number of amides is 2. The van der Waals surface area contributed by atoms with Gasteiger partial charge in [-0.2, -0.15) is 0 Å². The lowest BCUT2D eigenvalue weighted by Gasteiger charge is -2.26. The van der Waals surface area contributed by atoms with Gasteiger partial charge in [0.25, 0.3) is 0 Å². The summed E-state index contributed by atoms with van der Waals surface area (Å²) in [4.78, 5) is 14.5. The number of hydrogen-bond donors (Lipinski definition) is 2. The SMILES string of the molecule is O=C(NCc1cc(F)cc(F)c1)Nc1ccc2c(ccn2CCN2CCOCC2)c1. The summed E-state index contributed by atoms with van der Waals surface area (Å²) in [7, 11) is 0. The number of carbonyl (C=O) groups is 1. The number of hydrogen-bond acceptors (Lipinski definition) is 3. The highest BCUT2D eigenvalue weighted by atomic mass is 19.1. The summed E-state index contributed by atoms with van der Waals surface area (Å²) in [6.07, 6.45) is 2.05. The van der Waals surface area contributed by atoms with Crippen LogP contribution in [0, 0.1) is 11.6 Å². The first-order chi connectivity index (χ1) is 14.6. The Labute approximate surface area is 173 Å². The summed E-state index contributed by atoms with van der Waals surface area (Å²) in [6.45, 7) is 5.39. The van der Waals surface area contributed by atoms with Crippen LogP contribution < -0.4 is 10.6 Å². The molecule has 0 bridgehead atoms. The minimum atomic E-state index is -0.671. The number of anilines is 1. The molecule has 1 aliphatic heterocycles. The Bertz CT molecular complexity index is 1010. The molecule has 158 valence electrons. The molecule has 1 fully saturated rings. The fourth-order valence-corrected chi connectivity index (χ4v) is 3.62. The van der Waals surface area contributed by atoms with E-state index < -0.39 is 17.7 Å². The average molecular weight is 414 g/mol. The summed E-state index contributed by atoms with van der Waals surface area (Å²) in [6, 6.07) is 10.5. The zero-order valence-corrected chi connectivity index (χ0v) is 16.5. The van der Waals surface area contributed by atoms with Gasteiger partial charge in [-0.1, -0.05) is 0 Å². The van der Waals surface area contributed by atoms with Crippen LogP contribution in [0.25, 0.3) is 10.9 Å². The second-order valence-electron chi connectivity index (χ2n) is 7.32. The molecule has 0 aliphatic carbocycles. The van der Waals surface area contributed by atoms with Crippen LogP contribution >= 0.6 is 0 Å². The van der Waals surface area contributed by atoms with Gasteiger partial charge in [-0.25, -0.2) is 13.6 Å². The molecule has 8 heteroatoms. The molecule has 1 saturated heterocycles. The number of fused-ring (bicyclic) bond motifs is 1. The summed E-state index contributed by atoms with van der Waals surface area (Å²) in [5, 5.41) is 6.39. The maximum atomic E-state index is 13.2. The van der Waals surface area contributed by atoms with E-state index in [2.05, 4.69) is 20.1 Å². The van der Waals surface area contributed by atoms with Crippen LogP contribution in [0.5, 0.6) is 0 Å². The number of nitrogens with zero attached hydrogens (tertiary/aromatic N) is 2. The molecule has 2 N–H and O–H groups in total. The van der Waals surface area contributed by atoms with Crippen LogP contribution in [0.3, 0.4) is 0 Å². The Balaban J connectivity index is 1.33. The smallest absolute Gasteiger partial charge is 0.319 e. The van der Waals surface area contributed by atoms with Gasteiger partial charge in [0, 0.05) is 61.6 Å². The van der Waals surface area contributed by atoms with E-state index in [1.807, 2.05) is 30.5 Å². The van der Waals surface area contributed by atoms with Crippen molar-refractivity contribution in [2.75, 3.05) is 38.2 Å². The lowest BCUT2D eigenvalue weighted by Crippen LogP contribution is -2.38. The number of morpholine rings is 1. The van der Waals surface area contributed by atoms with Gasteiger partial charge in [-0.3, -0.25) is 4.90 Å². The van der Waals surface area contributed by atoms with E-state index >= 15 is 0 Å². The molecule has 6 nitrogen and oxygen atoms in total. The first-order valence-corrected chi connectivity index (χ1v) is 9.96. The molecule has 1 aromatic heterocycles. The molecule has 0 atom stereocenters. The normalized spacial score (nSPS) is 14.7. The fraction of sp³-hybridized carbons (Fsp3) is 0.318. The summed E-state index contributed by atoms with van der Waals surface area (Å²) in [5.74, 6) is -1.34. The molecule has 0 saturated carbocycles. The third kappa shape index (κ3) is 5.14. The van der Waals surface area contributed by atoms with Gasteiger partial charge in [-0.05, 0) is 42.0 Å². The van der Waals surface area contributed by atoms with E-state index in [0.29, 0.717) is 11.3 Å². The van der Waals surface area contributed by atoms with Crippen LogP contribution in [0.1, 0.15) is 5.56 Å². The predicted molar refractivity (Wildman–Crippen MR) is 111 cm³/mol. The van der Waals surface area contributed by atoms with Gasteiger partial charge in [0.05, 0.1) is 13.2 Å². The van der Waals surface area contributed by atoms with E-state index in [-0.39, 0.29) is 6.54 Å². The van der Waals surface area contributed by atoms with Crippen molar-refractivity contribution in [2.45, 2.75) is 13.1 Å². The monoisotopic (exact) mass is 414 g/mol. The number of aromatic nitrogens is 1. The van der Waals surface area contributed by atoms with Crippen molar-refractivity contribution in [2.24, 2.45) is 0 Å². The van der Waals surface area contributed by atoms with E-state index in [9.17, 15) is 13.6 Å². The second kappa shape index (κ2) is 9.23. The Morgan fingerprint density at radius 2 is 1.77 bits per heavy atom. The summed E-state index contributed by atoms with van der Waals surface area (Å²) < 4.78 is 34.0. The van der Waals surface area contributed by atoms with Gasteiger partial charge in [0.2, 0.25) is 0 Å². The van der Waals surface area contributed by atoms with Gasteiger partial charge in [-0.15, -0.1) is 0 Å². The molecule has 0 radical (unpaired) electrons. The molecule has 2 heterocycles. The Morgan fingerprint density at radius 3 is 2.53 bits per heavy atom. The lowest BCUT2D eigenvalue weighted by molar-refractivity contribution is 0.0365. The van der Waals surface area contributed by atoms with Crippen LogP contribution in [0.15, 0.2) is 48.7 Å². The van der Waals surface area contributed by atoms with Crippen molar-refractivity contribution in [3.8, 4) is 0 Å². The first-order valence-electron chi connectivity index (χ1n) is 9.96. The van der Waals surface area contributed by atoms with E-state index in [0.717, 1.165) is 56.4 Å². The standard InChI is InChI=1S/C22H24F2N4O2/c23-18-11-16(12-19(24)14-18)15-25-22(29)26-20-1-2-21-17(13-20)3-4-28(21)6-5-27-7-9-30-10-8-27/h1-4,11-14H,5-10,15H2,(H2,25,26,29). The fourth-order valence-electron chi connectivity index (χ4n) is 3.62. The van der Waals surface area contributed by atoms with Crippen LogP contribution in [-0.2, 0) is 17.8 Å². The van der Waals surface area contributed by atoms with Crippen molar-refractivity contribution >= 4 is 22.6 Å². The van der Waals surface area contributed by atoms with Crippen molar-refractivity contribution in [1.29, 1.82) is 0 Å². The maximum absolute atomic E-state index is 13.2. The summed E-state index contributed by atoms with van der Waals surface area (Å²) in [5.41, 5.74) is 2.11. The topological polar surface area (TPSA) is 58.5 Å². The third-order valence-corrected chi connectivity index (χ3v) is 5.17. The van der Waals surface area contributed by atoms with E-state index in [1.165, 1.54) is 12.1 Å². The van der Waals surface area contributed by atoms with Crippen molar-refractivity contribution in [3.05, 3.63) is 65.9 Å². The van der Waals surface area contributed by atoms with E-state index in [4.69, 9.17) is 4.74 Å². The van der Waals surface area contributed by atoms with Gasteiger partial charge in [0.15, 0.2) is 0 Å². The molecule has 30 heavy (non-hydrogen) atoms. The van der Waals surface area contributed by atoms with Crippen LogP contribution in [-0.4, -0.2) is 48.3 Å². The van der Waals surface area contributed by atoms with Gasteiger partial charge < -0.3 is 19.9 Å². The summed E-state index contributed by atoms with van der Waals surface area (Å²) >= 11 is 0. The lowest BCUT2D eigenvalue weighted by atomic mass is 10.2.